The van der Waals surface area contributed by atoms with Gasteiger partial charge in [-0.1, -0.05) is 17.3 Å². The van der Waals surface area contributed by atoms with Crippen molar-refractivity contribution in [3.05, 3.63) is 29.4 Å². The van der Waals surface area contributed by atoms with Crippen molar-refractivity contribution in [3.63, 3.8) is 0 Å². The van der Waals surface area contributed by atoms with Gasteiger partial charge in [-0.3, -0.25) is 9.78 Å². The van der Waals surface area contributed by atoms with Gasteiger partial charge >= 0.3 is 6.03 Å². The Labute approximate surface area is 227 Å². The third kappa shape index (κ3) is 4.18. The molecule has 2 aromatic rings. The summed E-state index contributed by atoms with van der Waals surface area (Å²) in [7, 11) is 3.44. The van der Waals surface area contributed by atoms with Gasteiger partial charge in [0.15, 0.2) is 0 Å². The number of hydrogen-bond donors (Lipinski definition) is 2. The zero-order valence-corrected chi connectivity index (χ0v) is 22.5. The SMILES string of the molecule is CN(C)C(=O)N1CCN(C(=O)c2noc(-c3cnc4c(c3NC3[C@@H]5CC6C[C@H]3CC(O)(C6)C5)C=CC4)n2)CC1. The van der Waals surface area contributed by atoms with Gasteiger partial charge < -0.3 is 29.6 Å². The van der Waals surface area contributed by atoms with Crippen LogP contribution in [0.1, 0.15) is 54.0 Å². The molecule has 4 saturated carbocycles. The van der Waals surface area contributed by atoms with E-state index in [-0.39, 0.29) is 29.7 Å². The minimum atomic E-state index is -0.495. The Hall–Kier alpha value is -3.47. The monoisotopic (exact) mass is 533 g/mol. The molecule has 0 spiro atoms. The van der Waals surface area contributed by atoms with Crippen LogP contribution >= 0.6 is 0 Å². The Bertz CT molecular complexity index is 1330. The summed E-state index contributed by atoms with van der Waals surface area (Å²) in [4.78, 5) is 39.6. The molecule has 5 atom stereocenters. The maximum atomic E-state index is 13.2. The molecular weight excluding hydrogens is 498 g/mol. The molecule has 0 aromatic carbocycles. The van der Waals surface area contributed by atoms with Crippen molar-refractivity contribution in [2.75, 3.05) is 45.6 Å². The average Bonchev–Trinajstić information content (AvgIpc) is 3.59. The Balaban J connectivity index is 1.13. The van der Waals surface area contributed by atoms with Gasteiger partial charge in [0, 0.05) is 64.5 Å². The van der Waals surface area contributed by atoms with Crippen LogP contribution in [0, 0.1) is 17.8 Å². The molecule has 39 heavy (non-hydrogen) atoms. The summed E-state index contributed by atoms with van der Waals surface area (Å²) in [5.74, 6) is 1.46. The van der Waals surface area contributed by atoms with Crippen LogP contribution in [0.5, 0.6) is 0 Å². The zero-order chi connectivity index (χ0) is 26.9. The quantitative estimate of drug-likeness (QED) is 0.614. The van der Waals surface area contributed by atoms with Gasteiger partial charge in [0.1, 0.15) is 0 Å². The van der Waals surface area contributed by atoms with Gasteiger partial charge in [-0.2, -0.15) is 4.98 Å². The van der Waals surface area contributed by atoms with Gasteiger partial charge in [0.25, 0.3) is 17.6 Å². The van der Waals surface area contributed by atoms with Gasteiger partial charge in [-0.05, 0) is 49.9 Å². The highest BCUT2D eigenvalue weighted by Gasteiger charge is 2.55. The largest absolute Gasteiger partial charge is 0.390 e. The number of allylic oxidation sites excluding steroid dienone is 1. The van der Waals surface area contributed by atoms with Crippen LogP contribution in [0.25, 0.3) is 17.5 Å². The number of aliphatic hydroxyl groups is 1. The molecule has 2 N–H and O–H groups in total. The van der Waals surface area contributed by atoms with Crippen molar-refractivity contribution < 1.29 is 19.2 Å². The van der Waals surface area contributed by atoms with E-state index < -0.39 is 5.60 Å². The topological polar surface area (TPSA) is 128 Å². The first kappa shape index (κ1) is 24.6. The summed E-state index contributed by atoms with van der Waals surface area (Å²) in [6.45, 7) is 1.75. The first-order valence-corrected chi connectivity index (χ1v) is 14.0. The molecule has 5 aliphatic carbocycles. The van der Waals surface area contributed by atoms with E-state index in [2.05, 4.69) is 32.6 Å². The fourth-order valence-electron chi connectivity index (χ4n) is 7.84. The molecule has 11 nitrogen and oxygen atoms in total. The summed E-state index contributed by atoms with van der Waals surface area (Å²) in [5.41, 5.74) is 3.17. The van der Waals surface area contributed by atoms with Crippen molar-refractivity contribution in [2.45, 2.75) is 50.2 Å². The predicted molar refractivity (Wildman–Crippen MR) is 143 cm³/mol. The second-order valence-electron chi connectivity index (χ2n) is 12.3. The van der Waals surface area contributed by atoms with Crippen molar-refractivity contribution in [2.24, 2.45) is 17.8 Å². The van der Waals surface area contributed by atoms with E-state index >= 15 is 0 Å². The molecule has 8 rings (SSSR count). The first-order chi connectivity index (χ1) is 18.8. The first-order valence-electron chi connectivity index (χ1n) is 14.0. The average molecular weight is 534 g/mol. The van der Waals surface area contributed by atoms with Gasteiger partial charge in [0.2, 0.25) is 0 Å². The van der Waals surface area contributed by atoms with E-state index in [1.807, 2.05) is 0 Å². The lowest BCUT2D eigenvalue weighted by molar-refractivity contribution is -0.129. The number of rotatable bonds is 4. The molecule has 5 fully saturated rings. The standard InChI is InChI=1S/C28H35N7O4/c1-33(2)27(37)35-8-6-34(7-9-35)26(36)24-31-25(39-32-24)20-15-29-21-5-3-4-19(21)23(20)30-22-17-10-16-11-18(22)14-28(38,12-16)13-17/h3-4,15-18,22,38H,5-14H2,1-2H3,(H,29,30)/t16?,17-,18+,22?,28?. The predicted octanol–water partition coefficient (Wildman–Crippen LogP) is 2.49. The highest BCUT2D eigenvalue weighted by atomic mass is 16.5. The molecule has 206 valence electrons. The lowest BCUT2D eigenvalue weighted by Gasteiger charge is -2.58. The highest BCUT2D eigenvalue weighted by Crippen LogP contribution is 2.56. The van der Waals surface area contributed by atoms with E-state index in [9.17, 15) is 14.7 Å². The van der Waals surface area contributed by atoms with E-state index in [0.717, 1.165) is 55.5 Å². The molecule has 3 unspecified atom stereocenters. The van der Waals surface area contributed by atoms with Crippen LogP contribution in [-0.4, -0.2) is 98.8 Å². The number of aromatic nitrogens is 3. The van der Waals surface area contributed by atoms with Gasteiger partial charge in [-0.15, -0.1) is 0 Å². The minimum absolute atomic E-state index is 0.0104. The van der Waals surface area contributed by atoms with E-state index in [0.29, 0.717) is 49.5 Å². The second-order valence-corrected chi connectivity index (χ2v) is 12.3. The Morgan fingerprint density at radius 3 is 2.51 bits per heavy atom. The molecule has 3 heterocycles. The molecule has 1 saturated heterocycles. The lowest BCUT2D eigenvalue weighted by Crippen LogP contribution is -2.59. The second kappa shape index (κ2) is 9.04. The summed E-state index contributed by atoms with van der Waals surface area (Å²) in [6, 6.07) is 0.210. The van der Waals surface area contributed by atoms with Crippen molar-refractivity contribution in [1.82, 2.24) is 29.8 Å². The number of pyridine rings is 1. The van der Waals surface area contributed by atoms with E-state index in [4.69, 9.17) is 4.52 Å². The number of anilines is 1. The summed E-state index contributed by atoms with van der Waals surface area (Å²) >= 11 is 0. The number of piperazine rings is 1. The van der Waals surface area contributed by atoms with Gasteiger partial charge in [0.05, 0.1) is 22.5 Å². The normalized spacial score (nSPS) is 30.5. The van der Waals surface area contributed by atoms with Crippen molar-refractivity contribution in [3.8, 4) is 11.5 Å². The third-order valence-corrected chi connectivity index (χ3v) is 9.41. The fourth-order valence-corrected chi connectivity index (χ4v) is 7.84. The van der Waals surface area contributed by atoms with Crippen LogP contribution in [0.4, 0.5) is 10.5 Å². The third-order valence-electron chi connectivity index (χ3n) is 9.41. The molecule has 4 bridgehead atoms. The maximum Gasteiger partial charge on any atom is 0.319 e. The maximum absolute atomic E-state index is 13.2. The Morgan fingerprint density at radius 2 is 1.82 bits per heavy atom. The Morgan fingerprint density at radius 1 is 1.10 bits per heavy atom. The minimum Gasteiger partial charge on any atom is -0.390 e. The number of nitrogens with zero attached hydrogens (tertiary/aromatic N) is 6. The molecule has 11 heteroatoms. The summed E-state index contributed by atoms with van der Waals surface area (Å²) in [6.07, 6.45) is 11.7. The van der Waals surface area contributed by atoms with Crippen LogP contribution in [0.3, 0.4) is 0 Å². The molecule has 0 radical (unpaired) electrons. The number of fused-ring (bicyclic) bond motifs is 1. The van der Waals surface area contributed by atoms with Crippen molar-refractivity contribution in [1.29, 1.82) is 0 Å². The molecule has 1 aliphatic heterocycles. The number of amides is 3. The fraction of sp³-hybridized carbons (Fsp3) is 0.607. The molecular formula is C28H35N7O4. The van der Waals surface area contributed by atoms with Crippen LogP contribution < -0.4 is 5.32 Å². The number of carbonyl (C=O) groups excluding carboxylic acids is 2. The highest BCUT2D eigenvalue weighted by molar-refractivity contribution is 5.91. The van der Waals surface area contributed by atoms with E-state index in [1.165, 1.54) is 0 Å². The van der Waals surface area contributed by atoms with Crippen molar-refractivity contribution >= 4 is 23.7 Å². The number of nitrogens with one attached hydrogen (secondary N) is 1. The smallest absolute Gasteiger partial charge is 0.319 e. The zero-order valence-electron chi connectivity index (χ0n) is 22.5. The van der Waals surface area contributed by atoms with Crippen LogP contribution in [0.15, 0.2) is 16.8 Å². The lowest BCUT2D eigenvalue weighted by atomic mass is 9.52. The van der Waals surface area contributed by atoms with Crippen LogP contribution in [0.2, 0.25) is 0 Å². The molecule has 3 amide bonds. The summed E-state index contributed by atoms with van der Waals surface area (Å²) in [5, 5.41) is 19.0. The Kier molecular flexibility index (Phi) is 5.69. The number of hydrogen-bond acceptors (Lipinski definition) is 8. The molecule has 2 aromatic heterocycles. The summed E-state index contributed by atoms with van der Waals surface area (Å²) < 4.78 is 5.65. The number of carbonyl (C=O) groups is 2. The number of urea groups is 1. The molecule has 6 aliphatic rings. The van der Waals surface area contributed by atoms with Gasteiger partial charge in [-0.25, -0.2) is 4.79 Å². The van der Waals surface area contributed by atoms with Crippen LogP contribution in [-0.2, 0) is 6.42 Å². The van der Waals surface area contributed by atoms with E-state index in [1.54, 1.807) is 35.0 Å².